The quantitative estimate of drug-likeness (QED) is 0.272. The number of ether oxygens (including phenoxy) is 2. The average Bonchev–Trinajstić information content (AvgIpc) is 3.28. The Bertz CT molecular complexity index is 1760. The van der Waals surface area contributed by atoms with Crippen molar-refractivity contribution in [3.8, 4) is 11.5 Å². The van der Waals surface area contributed by atoms with Crippen LogP contribution < -0.4 is 24.4 Å². The number of fused-ring (bicyclic) bond motifs is 1. The Labute approximate surface area is 239 Å². The number of allylic oxidation sites excluding steroid dienone is 2. The van der Waals surface area contributed by atoms with E-state index in [1.165, 1.54) is 22.5 Å². The predicted molar refractivity (Wildman–Crippen MR) is 160 cm³/mol. The summed E-state index contributed by atoms with van der Waals surface area (Å²) < 4.78 is 14.3. The van der Waals surface area contributed by atoms with Gasteiger partial charge in [0.25, 0.3) is 5.56 Å². The summed E-state index contributed by atoms with van der Waals surface area (Å²) >= 11 is 4.94. The van der Waals surface area contributed by atoms with E-state index < -0.39 is 0 Å². The summed E-state index contributed by atoms with van der Waals surface area (Å²) in [5, 5.41) is 0. The van der Waals surface area contributed by atoms with Crippen LogP contribution in [0.15, 0.2) is 104 Å². The molecule has 39 heavy (non-hydrogen) atoms. The van der Waals surface area contributed by atoms with Gasteiger partial charge in [-0.3, -0.25) is 9.36 Å². The van der Waals surface area contributed by atoms with Crippen molar-refractivity contribution in [2.45, 2.75) is 25.3 Å². The first-order valence-electron chi connectivity index (χ1n) is 12.8. The number of methoxy groups -OCH3 is 2. The molecule has 0 radical (unpaired) electrons. The fourth-order valence-electron chi connectivity index (χ4n) is 5.25. The molecule has 5 nitrogen and oxygen atoms in total. The fourth-order valence-corrected chi connectivity index (χ4v) is 6.52. The third-order valence-corrected chi connectivity index (χ3v) is 8.70. The first kappa shape index (κ1) is 25.6. The van der Waals surface area contributed by atoms with Crippen LogP contribution in [-0.4, -0.2) is 18.8 Å². The second kappa shape index (κ2) is 10.8. The van der Waals surface area contributed by atoms with Crippen LogP contribution in [0, 0.1) is 0 Å². The second-order valence-corrected chi connectivity index (χ2v) is 11.5. The SMILES string of the molecule is COc1ccc(/C=C2\CCCC3=C2N=c2s/c(=C\c4ccc(Br)cc4)c(=O)n2C3c2ccc(OC)cc2)cc1. The van der Waals surface area contributed by atoms with Gasteiger partial charge in [-0.25, -0.2) is 4.99 Å². The number of rotatable bonds is 5. The highest BCUT2D eigenvalue weighted by atomic mass is 79.9. The van der Waals surface area contributed by atoms with Gasteiger partial charge in [0.1, 0.15) is 11.5 Å². The molecule has 0 saturated carbocycles. The first-order valence-corrected chi connectivity index (χ1v) is 14.4. The molecule has 196 valence electrons. The Hall–Kier alpha value is -3.68. The molecule has 0 amide bonds. The van der Waals surface area contributed by atoms with Gasteiger partial charge in [-0.1, -0.05) is 63.7 Å². The van der Waals surface area contributed by atoms with Crippen LogP contribution in [0.1, 0.15) is 42.0 Å². The molecule has 4 aromatic rings. The van der Waals surface area contributed by atoms with Gasteiger partial charge < -0.3 is 9.47 Å². The van der Waals surface area contributed by atoms with Crippen molar-refractivity contribution in [1.82, 2.24) is 4.57 Å². The highest BCUT2D eigenvalue weighted by molar-refractivity contribution is 9.10. The van der Waals surface area contributed by atoms with Crippen LogP contribution in [0.4, 0.5) is 0 Å². The molecule has 1 aliphatic heterocycles. The van der Waals surface area contributed by atoms with E-state index in [-0.39, 0.29) is 11.6 Å². The van der Waals surface area contributed by atoms with Crippen molar-refractivity contribution in [3.63, 3.8) is 0 Å². The zero-order valence-corrected chi connectivity index (χ0v) is 24.1. The molecule has 6 rings (SSSR count). The molecule has 1 unspecified atom stereocenters. The molecular formula is C32H27BrN2O3S. The molecule has 1 atom stereocenters. The summed E-state index contributed by atoms with van der Waals surface area (Å²) in [5.41, 5.74) is 6.52. The topological polar surface area (TPSA) is 52.8 Å². The van der Waals surface area contributed by atoms with Gasteiger partial charge in [-0.2, -0.15) is 0 Å². The van der Waals surface area contributed by atoms with Crippen LogP contribution in [0.2, 0.25) is 0 Å². The van der Waals surface area contributed by atoms with Crippen molar-refractivity contribution < 1.29 is 9.47 Å². The molecule has 0 bridgehead atoms. The summed E-state index contributed by atoms with van der Waals surface area (Å²) in [5.74, 6) is 1.62. The van der Waals surface area contributed by atoms with Crippen molar-refractivity contribution in [2.24, 2.45) is 4.99 Å². The predicted octanol–water partition coefficient (Wildman–Crippen LogP) is 6.26. The third-order valence-electron chi connectivity index (χ3n) is 7.19. The Balaban J connectivity index is 1.54. The van der Waals surface area contributed by atoms with Crippen molar-refractivity contribution in [1.29, 1.82) is 0 Å². The Morgan fingerprint density at radius 3 is 2.15 bits per heavy atom. The summed E-state index contributed by atoms with van der Waals surface area (Å²) in [6.07, 6.45) is 7.02. The maximum atomic E-state index is 13.9. The molecule has 1 aliphatic carbocycles. The maximum Gasteiger partial charge on any atom is 0.271 e. The van der Waals surface area contributed by atoms with Gasteiger partial charge in [0.15, 0.2) is 4.80 Å². The minimum absolute atomic E-state index is 0.0136. The van der Waals surface area contributed by atoms with Gasteiger partial charge >= 0.3 is 0 Å². The lowest BCUT2D eigenvalue weighted by molar-refractivity contribution is 0.414. The van der Waals surface area contributed by atoms with Crippen LogP contribution in [0.5, 0.6) is 11.5 Å². The number of nitrogens with zero attached hydrogens (tertiary/aromatic N) is 2. The van der Waals surface area contributed by atoms with Crippen LogP contribution in [0.3, 0.4) is 0 Å². The van der Waals surface area contributed by atoms with E-state index in [0.29, 0.717) is 4.53 Å². The lowest BCUT2D eigenvalue weighted by Crippen LogP contribution is -2.39. The molecule has 0 spiro atoms. The van der Waals surface area contributed by atoms with Crippen molar-refractivity contribution >= 4 is 39.4 Å². The van der Waals surface area contributed by atoms with Crippen molar-refractivity contribution in [3.05, 3.63) is 130 Å². The molecule has 3 aromatic carbocycles. The van der Waals surface area contributed by atoms with Gasteiger partial charge in [-0.15, -0.1) is 0 Å². The fraction of sp³-hybridized carbons (Fsp3) is 0.188. The number of thiazole rings is 1. The summed E-state index contributed by atoms with van der Waals surface area (Å²) in [4.78, 5) is 19.8. The lowest BCUT2D eigenvalue weighted by Gasteiger charge is -2.31. The molecular weight excluding hydrogens is 572 g/mol. The number of hydrogen-bond donors (Lipinski definition) is 0. The van der Waals surface area contributed by atoms with Gasteiger partial charge in [-0.05, 0) is 95.6 Å². The standard InChI is InChI=1S/C32H27BrN2O3S/c1-37-25-14-8-20(9-15-25)18-23-4-3-5-27-29(23)34-32-35(30(27)22-10-16-26(38-2)17-11-22)31(36)28(39-32)19-21-6-12-24(33)13-7-21/h6-19,30H,3-5H2,1-2H3/b23-18+,28-19-. The number of aromatic nitrogens is 1. The number of benzene rings is 3. The molecule has 2 heterocycles. The monoisotopic (exact) mass is 598 g/mol. The summed E-state index contributed by atoms with van der Waals surface area (Å²) in [7, 11) is 3.34. The van der Waals surface area contributed by atoms with E-state index in [4.69, 9.17) is 14.5 Å². The molecule has 7 heteroatoms. The lowest BCUT2D eigenvalue weighted by atomic mass is 9.84. The summed E-state index contributed by atoms with van der Waals surface area (Å²) in [6, 6.07) is 23.9. The van der Waals surface area contributed by atoms with Crippen LogP contribution >= 0.6 is 27.3 Å². The normalized spacial score (nSPS) is 18.0. The van der Waals surface area contributed by atoms with Crippen LogP contribution in [0.25, 0.3) is 12.2 Å². The van der Waals surface area contributed by atoms with E-state index in [1.54, 1.807) is 14.2 Å². The Morgan fingerprint density at radius 2 is 1.49 bits per heavy atom. The van der Waals surface area contributed by atoms with E-state index in [2.05, 4.69) is 46.3 Å². The number of hydrogen-bond acceptors (Lipinski definition) is 5. The van der Waals surface area contributed by atoms with Gasteiger partial charge in [0, 0.05) is 4.47 Å². The van der Waals surface area contributed by atoms with Gasteiger partial charge in [0.2, 0.25) is 0 Å². The third kappa shape index (κ3) is 5.04. The molecule has 0 N–H and O–H groups in total. The second-order valence-electron chi connectivity index (χ2n) is 9.58. The largest absolute Gasteiger partial charge is 0.497 e. The molecule has 2 aliphatic rings. The molecule has 0 saturated heterocycles. The highest BCUT2D eigenvalue weighted by Gasteiger charge is 2.32. The Kier molecular flexibility index (Phi) is 7.11. The maximum absolute atomic E-state index is 13.9. The number of halogens is 1. The van der Waals surface area contributed by atoms with Crippen molar-refractivity contribution in [2.75, 3.05) is 14.2 Å². The molecule has 1 aromatic heterocycles. The highest BCUT2D eigenvalue weighted by Crippen LogP contribution is 2.41. The van der Waals surface area contributed by atoms with E-state index >= 15 is 0 Å². The summed E-state index contributed by atoms with van der Waals surface area (Å²) in [6.45, 7) is 0. The minimum Gasteiger partial charge on any atom is -0.497 e. The molecule has 0 fully saturated rings. The van der Waals surface area contributed by atoms with Gasteiger partial charge in [0.05, 0.1) is 30.5 Å². The van der Waals surface area contributed by atoms with E-state index in [1.807, 2.05) is 59.2 Å². The average molecular weight is 600 g/mol. The first-order chi connectivity index (χ1) is 19.0. The Morgan fingerprint density at radius 1 is 0.872 bits per heavy atom. The zero-order valence-electron chi connectivity index (χ0n) is 21.7. The minimum atomic E-state index is -0.214. The van der Waals surface area contributed by atoms with E-state index in [0.717, 1.165) is 62.4 Å². The smallest absolute Gasteiger partial charge is 0.271 e. The van der Waals surface area contributed by atoms with E-state index in [9.17, 15) is 4.79 Å². The van der Waals surface area contributed by atoms with Crippen LogP contribution in [-0.2, 0) is 0 Å². The zero-order chi connectivity index (χ0) is 26.9.